The summed E-state index contributed by atoms with van der Waals surface area (Å²) in [6.07, 6.45) is 2.27. The molecule has 3 aromatic rings. The first-order valence-corrected chi connectivity index (χ1v) is 9.76. The third-order valence-corrected chi connectivity index (χ3v) is 5.35. The van der Waals surface area contributed by atoms with Gasteiger partial charge in [-0.1, -0.05) is 42.5 Å². The van der Waals surface area contributed by atoms with Gasteiger partial charge in [0.25, 0.3) is 5.91 Å². The zero-order valence-corrected chi connectivity index (χ0v) is 16.5. The van der Waals surface area contributed by atoms with Gasteiger partial charge in [-0.05, 0) is 49.2 Å². The van der Waals surface area contributed by atoms with Gasteiger partial charge in [0, 0.05) is 30.5 Å². The minimum atomic E-state index is -0.145. The lowest BCUT2D eigenvalue weighted by Gasteiger charge is -2.43. The van der Waals surface area contributed by atoms with E-state index in [9.17, 15) is 9.59 Å². The SMILES string of the molecule is CC(=O)N(c1ccccc1)[C@@H]1C[C@H](C)N(C(=O)c2ccccn2)c2ccccc21. The number of benzene rings is 2. The zero-order chi connectivity index (χ0) is 20.4. The van der Waals surface area contributed by atoms with E-state index in [1.807, 2.05) is 72.5 Å². The molecule has 2 atom stereocenters. The van der Waals surface area contributed by atoms with Gasteiger partial charge in [-0.3, -0.25) is 14.6 Å². The molecule has 0 fully saturated rings. The maximum atomic E-state index is 13.2. The topological polar surface area (TPSA) is 53.5 Å². The fraction of sp³-hybridized carbons (Fsp3) is 0.208. The average molecular weight is 385 g/mol. The highest BCUT2D eigenvalue weighted by atomic mass is 16.2. The van der Waals surface area contributed by atoms with Crippen molar-refractivity contribution in [1.82, 2.24) is 4.98 Å². The maximum absolute atomic E-state index is 13.2. The maximum Gasteiger partial charge on any atom is 0.277 e. The molecule has 1 aromatic heterocycles. The molecule has 4 rings (SSSR count). The average Bonchev–Trinajstić information content (AvgIpc) is 2.75. The van der Waals surface area contributed by atoms with Crippen LogP contribution in [0, 0.1) is 0 Å². The molecule has 2 aromatic carbocycles. The second-order valence-corrected chi connectivity index (χ2v) is 7.27. The van der Waals surface area contributed by atoms with Crippen molar-refractivity contribution < 1.29 is 9.59 Å². The Balaban J connectivity index is 1.79. The first kappa shape index (κ1) is 18.9. The molecule has 29 heavy (non-hydrogen) atoms. The summed E-state index contributed by atoms with van der Waals surface area (Å²) in [4.78, 5) is 33.7. The Morgan fingerprint density at radius 2 is 1.66 bits per heavy atom. The van der Waals surface area contributed by atoms with Gasteiger partial charge in [0.15, 0.2) is 0 Å². The molecule has 0 unspecified atom stereocenters. The monoisotopic (exact) mass is 385 g/mol. The molecule has 146 valence electrons. The van der Waals surface area contributed by atoms with E-state index >= 15 is 0 Å². The van der Waals surface area contributed by atoms with Crippen molar-refractivity contribution in [3.05, 3.63) is 90.3 Å². The summed E-state index contributed by atoms with van der Waals surface area (Å²) >= 11 is 0. The van der Waals surface area contributed by atoms with E-state index < -0.39 is 0 Å². The second kappa shape index (κ2) is 7.87. The van der Waals surface area contributed by atoms with Gasteiger partial charge in [0.1, 0.15) is 5.69 Å². The molecule has 2 heterocycles. The van der Waals surface area contributed by atoms with E-state index in [-0.39, 0.29) is 23.9 Å². The van der Waals surface area contributed by atoms with Crippen LogP contribution < -0.4 is 9.80 Å². The summed E-state index contributed by atoms with van der Waals surface area (Å²) in [5.41, 5.74) is 3.07. The predicted molar refractivity (Wildman–Crippen MR) is 114 cm³/mol. The molecule has 0 saturated heterocycles. The Morgan fingerprint density at radius 1 is 0.966 bits per heavy atom. The Labute approximate surface area is 170 Å². The Kier molecular flexibility index (Phi) is 5.12. The largest absolute Gasteiger partial charge is 0.305 e. The molecule has 1 aliphatic heterocycles. The van der Waals surface area contributed by atoms with E-state index in [1.54, 1.807) is 30.2 Å². The van der Waals surface area contributed by atoms with Crippen LogP contribution in [0.15, 0.2) is 79.0 Å². The lowest BCUT2D eigenvalue weighted by molar-refractivity contribution is -0.117. The van der Waals surface area contributed by atoms with Crippen LogP contribution in [0.3, 0.4) is 0 Å². The number of anilines is 2. The van der Waals surface area contributed by atoms with Gasteiger partial charge in [0.2, 0.25) is 5.91 Å². The lowest BCUT2D eigenvalue weighted by Crippen LogP contribution is -2.47. The highest BCUT2D eigenvalue weighted by Gasteiger charge is 2.38. The highest BCUT2D eigenvalue weighted by Crippen LogP contribution is 2.42. The number of fused-ring (bicyclic) bond motifs is 1. The Morgan fingerprint density at radius 3 is 2.34 bits per heavy atom. The van der Waals surface area contributed by atoms with Crippen LogP contribution in [0.2, 0.25) is 0 Å². The first-order valence-electron chi connectivity index (χ1n) is 9.76. The van der Waals surface area contributed by atoms with Gasteiger partial charge in [-0.25, -0.2) is 0 Å². The quantitative estimate of drug-likeness (QED) is 0.661. The van der Waals surface area contributed by atoms with Crippen molar-refractivity contribution in [2.24, 2.45) is 0 Å². The number of carbonyl (C=O) groups is 2. The fourth-order valence-corrected chi connectivity index (χ4v) is 4.12. The van der Waals surface area contributed by atoms with E-state index in [0.717, 1.165) is 16.9 Å². The minimum absolute atomic E-state index is 0.0206. The molecule has 5 nitrogen and oxygen atoms in total. The van der Waals surface area contributed by atoms with Gasteiger partial charge in [-0.2, -0.15) is 0 Å². The zero-order valence-electron chi connectivity index (χ0n) is 16.5. The van der Waals surface area contributed by atoms with Gasteiger partial charge in [-0.15, -0.1) is 0 Å². The van der Waals surface area contributed by atoms with E-state index in [4.69, 9.17) is 0 Å². The van der Waals surface area contributed by atoms with Crippen LogP contribution in [-0.2, 0) is 4.79 Å². The number of pyridine rings is 1. The third-order valence-electron chi connectivity index (χ3n) is 5.35. The summed E-state index contributed by atoms with van der Waals surface area (Å²) < 4.78 is 0. The molecule has 1 aliphatic rings. The molecular formula is C24H23N3O2. The predicted octanol–water partition coefficient (Wildman–Crippen LogP) is 4.61. The lowest BCUT2D eigenvalue weighted by atomic mass is 9.89. The number of aromatic nitrogens is 1. The number of nitrogens with zero attached hydrogens (tertiary/aromatic N) is 3. The molecule has 0 bridgehead atoms. The number of rotatable bonds is 3. The van der Waals surface area contributed by atoms with Gasteiger partial charge >= 0.3 is 0 Å². The van der Waals surface area contributed by atoms with Crippen molar-refractivity contribution in [3.8, 4) is 0 Å². The molecule has 5 heteroatoms. The normalized spacial score (nSPS) is 18.1. The summed E-state index contributed by atoms with van der Waals surface area (Å²) in [6, 6.07) is 22.6. The van der Waals surface area contributed by atoms with Crippen molar-refractivity contribution >= 4 is 23.2 Å². The smallest absolute Gasteiger partial charge is 0.277 e. The van der Waals surface area contributed by atoms with Crippen molar-refractivity contribution in [2.75, 3.05) is 9.80 Å². The number of para-hydroxylation sites is 2. The molecule has 0 radical (unpaired) electrons. The minimum Gasteiger partial charge on any atom is -0.305 e. The number of carbonyl (C=O) groups excluding carboxylic acids is 2. The van der Waals surface area contributed by atoms with Crippen LogP contribution in [0.1, 0.15) is 42.4 Å². The van der Waals surface area contributed by atoms with Gasteiger partial charge < -0.3 is 9.80 Å². The molecule has 0 N–H and O–H groups in total. The summed E-state index contributed by atoms with van der Waals surface area (Å²) in [5.74, 6) is -0.147. The molecule has 0 spiro atoms. The van der Waals surface area contributed by atoms with Crippen molar-refractivity contribution in [3.63, 3.8) is 0 Å². The van der Waals surface area contributed by atoms with Crippen molar-refractivity contribution in [1.29, 1.82) is 0 Å². The standard InChI is InChI=1S/C24H23N3O2/c1-17-16-23(27(18(2)28)19-10-4-3-5-11-19)20-12-6-7-14-22(20)26(17)24(29)21-13-8-9-15-25-21/h3-15,17,23H,16H2,1-2H3/t17-,23+/m0/s1. The van der Waals surface area contributed by atoms with E-state index in [1.165, 1.54) is 0 Å². The summed E-state index contributed by atoms with van der Waals surface area (Å²) in [5, 5.41) is 0. The Hall–Kier alpha value is -3.47. The summed E-state index contributed by atoms with van der Waals surface area (Å²) in [7, 11) is 0. The number of hydrogen-bond acceptors (Lipinski definition) is 3. The van der Waals surface area contributed by atoms with Crippen LogP contribution in [-0.4, -0.2) is 22.8 Å². The highest BCUT2D eigenvalue weighted by molar-refractivity contribution is 6.06. The van der Waals surface area contributed by atoms with Crippen molar-refractivity contribution in [2.45, 2.75) is 32.4 Å². The summed E-state index contributed by atoms with van der Waals surface area (Å²) in [6.45, 7) is 3.61. The fourth-order valence-electron chi connectivity index (χ4n) is 4.12. The Bertz CT molecular complexity index is 1020. The third kappa shape index (κ3) is 3.51. The van der Waals surface area contributed by atoms with E-state index in [0.29, 0.717) is 12.1 Å². The number of amides is 2. The second-order valence-electron chi connectivity index (χ2n) is 7.27. The van der Waals surface area contributed by atoms with Crippen LogP contribution in [0.25, 0.3) is 0 Å². The van der Waals surface area contributed by atoms with Gasteiger partial charge in [0.05, 0.1) is 6.04 Å². The van der Waals surface area contributed by atoms with Crippen LogP contribution in [0.5, 0.6) is 0 Å². The molecular weight excluding hydrogens is 362 g/mol. The first-order chi connectivity index (χ1) is 14.1. The van der Waals surface area contributed by atoms with Crippen LogP contribution >= 0.6 is 0 Å². The van der Waals surface area contributed by atoms with E-state index in [2.05, 4.69) is 4.98 Å². The molecule has 0 saturated carbocycles. The molecule has 0 aliphatic carbocycles. The van der Waals surface area contributed by atoms with Crippen LogP contribution in [0.4, 0.5) is 11.4 Å². The number of hydrogen-bond donors (Lipinski definition) is 0. The molecule has 2 amide bonds.